The van der Waals surface area contributed by atoms with Crippen molar-refractivity contribution in [3.63, 3.8) is 0 Å². The number of ether oxygens (including phenoxy) is 2. The number of hydrazine groups is 1. The summed E-state index contributed by atoms with van der Waals surface area (Å²) in [5.74, 6) is 0.769. The first-order chi connectivity index (χ1) is 21.4. The fourth-order valence-electron chi connectivity index (χ4n) is 5.06. The van der Waals surface area contributed by atoms with Gasteiger partial charge >= 0.3 is 0 Å². The van der Waals surface area contributed by atoms with Crippen molar-refractivity contribution in [1.82, 2.24) is 10.9 Å². The molecule has 4 aromatic carbocycles. The number of benzene rings is 4. The van der Waals surface area contributed by atoms with Crippen LogP contribution in [-0.2, 0) is 22.4 Å². The number of amides is 1. The van der Waals surface area contributed by atoms with E-state index in [4.69, 9.17) is 19.6 Å². The van der Waals surface area contributed by atoms with Crippen LogP contribution in [0.3, 0.4) is 0 Å². The number of hydrogen-bond donors (Lipinski definition) is 3. The van der Waals surface area contributed by atoms with Gasteiger partial charge in [0.1, 0.15) is 5.75 Å². The van der Waals surface area contributed by atoms with Gasteiger partial charge in [-0.1, -0.05) is 92.0 Å². The maximum absolute atomic E-state index is 14.3. The molecule has 1 aliphatic heterocycles. The highest BCUT2D eigenvalue weighted by molar-refractivity contribution is 9.10. The van der Waals surface area contributed by atoms with E-state index in [1.807, 2.05) is 72.8 Å². The van der Waals surface area contributed by atoms with Crippen molar-refractivity contribution in [2.75, 3.05) is 19.8 Å². The Hall–Kier alpha value is -3.50. The zero-order valence-electron chi connectivity index (χ0n) is 24.4. The second-order valence-corrected chi connectivity index (χ2v) is 12.5. The molecule has 0 aromatic heterocycles. The number of hydrogen-bond acceptors (Lipinski definition) is 6. The van der Waals surface area contributed by atoms with Crippen molar-refractivity contribution in [2.45, 2.75) is 37.8 Å². The summed E-state index contributed by atoms with van der Waals surface area (Å²) in [5.41, 5.74) is 9.68. The van der Waals surface area contributed by atoms with Crippen molar-refractivity contribution in [1.29, 1.82) is 0 Å². The predicted octanol–water partition coefficient (Wildman–Crippen LogP) is 6.64. The minimum atomic E-state index is -1.32. The quantitative estimate of drug-likeness (QED) is 0.106. The lowest BCUT2D eigenvalue weighted by Crippen LogP contribution is -2.54. The number of nitrogens with zero attached hydrogens (tertiary/aromatic N) is 1. The Balaban J connectivity index is 1.47. The van der Waals surface area contributed by atoms with Crippen LogP contribution in [0.1, 0.15) is 40.3 Å². The lowest BCUT2D eigenvalue weighted by molar-refractivity contribution is -0.130. The van der Waals surface area contributed by atoms with E-state index in [1.165, 1.54) is 11.1 Å². The van der Waals surface area contributed by atoms with Gasteiger partial charge in [-0.3, -0.25) is 10.2 Å². The van der Waals surface area contributed by atoms with E-state index in [-0.39, 0.29) is 12.5 Å². The summed E-state index contributed by atoms with van der Waals surface area (Å²) < 4.78 is 14.1. The third kappa shape index (κ3) is 7.77. The SMILES string of the molecule is Cc1ccc(CCNNC(=O)[C@@]2(Cc3ccccc3Br)N=C(c3ccc(OCCCO)cc3)O[C@H]2c2ccc(Br)cc2)cc1. The number of aliphatic hydroxyl groups excluding tert-OH is 1. The fourth-order valence-corrected chi connectivity index (χ4v) is 5.75. The molecule has 9 heteroatoms. The number of carbonyl (C=O) groups is 1. The highest BCUT2D eigenvalue weighted by Crippen LogP contribution is 2.43. The summed E-state index contributed by atoms with van der Waals surface area (Å²) in [7, 11) is 0. The minimum Gasteiger partial charge on any atom is -0.494 e. The molecule has 0 aliphatic carbocycles. The molecule has 1 amide bonds. The molecule has 4 aromatic rings. The van der Waals surface area contributed by atoms with Crippen molar-refractivity contribution in [3.8, 4) is 5.75 Å². The summed E-state index contributed by atoms with van der Waals surface area (Å²) in [5, 5.41) is 9.06. The van der Waals surface area contributed by atoms with Crippen molar-refractivity contribution in [3.05, 3.63) is 134 Å². The first-order valence-electron chi connectivity index (χ1n) is 14.6. The number of aliphatic hydroxyl groups is 1. The summed E-state index contributed by atoms with van der Waals surface area (Å²) in [6, 6.07) is 31.5. The molecule has 44 heavy (non-hydrogen) atoms. The molecule has 0 radical (unpaired) electrons. The molecule has 0 saturated carbocycles. The molecule has 7 nitrogen and oxygen atoms in total. The normalized spacial score (nSPS) is 17.5. The first kappa shape index (κ1) is 31.9. The number of rotatable bonds is 13. The third-order valence-corrected chi connectivity index (χ3v) is 8.78. The smallest absolute Gasteiger partial charge is 0.266 e. The van der Waals surface area contributed by atoms with Crippen LogP contribution in [0.2, 0.25) is 0 Å². The van der Waals surface area contributed by atoms with Crippen LogP contribution in [0.15, 0.2) is 111 Å². The zero-order valence-corrected chi connectivity index (χ0v) is 27.6. The molecule has 1 aliphatic rings. The Bertz CT molecular complexity index is 1580. The molecule has 0 bridgehead atoms. The van der Waals surface area contributed by atoms with Gasteiger partial charge in [-0.25, -0.2) is 10.4 Å². The lowest BCUT2D eigenvalue weighted by Gasteiger charge is -2.31. The molecule has 0 spiro atoms. The van der Waals surface area contributed by atoms with E-state index < -0.39 is 11.6 Å². The number of nitrogens with one attached hydrogen (secondary N) is 2. The molecule has 2 atom stereocenters. The van der Waals surface area contributed by atoms with Gasteiger partial charge in [-0.2, -0.15) is 0 Å². The van der Waals surface area contributed by atoms with Crippen LogP contribution in [0.4, 0.5) is 0 Å². The fraction of sp³-hybridized carbons (Fsp3) is 0.257. The van der Waals surface area contributed by atoms with Gasteiger partial charge in [0.25, 0.3) is 5.91 Å². The summed E-state index contributed by atoms with van der Waals surface area (Å²) in [6.45, 7) is 3.11. The van der Waals surface area contributed by atoms with Crippen LogP contribution >= 0.6 is 31.9 Å². The molecule has 5 rings (SSSR count). The molecule has 1 heterocycles. The molecule has 0 fully saturated rings. The van der Waals surface area contributed by atoms with E-state index in [2.05, 4.69) is 73.9 Å². The van der Waals surface area contributed by atoms with E-state index in [0.29, 0.717) is 37.6 Å². The molecule has 3 N–H and O–H groups in total. The summed E-state index contributed by atoms with van der Waals surface area (Å²) in [4.78, 5) is 19.4. The first-order valence-corrected chi connectivity index (χ1v) is 16.1. The second-order valence-electron chi connectivity index (χ2n) is 10.7. The van der Waals surface area contributed by atoms with Crippen LogP contribution in [0.25, 0.3) is 0 Å². The number of aliphatic imine (C=N–C) groups is 1. The average Bonchev–Trinajstić information content (AvgIpc) is 3.42. The highest BCUT2D eigenvalue weighted by Gasteiger charge is 2.53. The van der Waals surface area contributed by atoms with Gasteiger partial charge in [-0.15, -0.1) is 0 Å². The van der Waals surface area contributed by atoms with Crippen LogP contribution in [0.5, 0.6) is 5.75 Å². The monoisotopic (exact) mass is 719 g/mol. The second kappa shape index (κ2) is 15.0. The van der Waals surface area contributed by atoms with Crippen molar-refractivity contribution >= 4 is 43.7 Å². The minimum absolute atomic E-state index is 0.0721. The molecular weight excluding hydrogens is 686 g/mol. The van der Waals surface area contributed by atoms with Gasteiger partial charge < -0.3 is 14.6 Å². The van der Waals surface area contributed by atoms with Crippen LogP contribution < -0.4 is 15.6 Å². The average molecular weight is 721 g/mol. The molecular formula is C35H35Br2N3O4. The van der Waals surface area contributed by atoms with Gasteiger partial charge in [0, 0.05) is 40.5 Å². The van der Waals surface area contributed by atoms with Gasteiger partial charge in [0.15, 0.2) is 11.6 Å². The molecule has 0 unspecified atom stereocenters. The lowest BCUT2D eigenvalue weighted by atomic mass is 9.82. The van der Waals surface area contributed by atoms with Crippen LogP contribution in [0, 0.1) is 6.92 Å². The standard InChI is InChI=1S/C35H35Br2N3O4/c1-24-7-9-25(10-8-24)19-20-38-40-34(42)35(23-28-5-2-3-6-31(28)37)32(26-11-15-29(36)16-12-26)44-33(39-35)27-13-17-30(18-14-27)43-22-4-21-41/h2-3,5-18,32,38,41H,4,19-23H2,1H3,(H,40,42)/t32-,35-/m0/s1. The van der Waals surface area contributed by atoms with Gasteiger partial charge in [0.05, 0.1) is 6.61 Å². The maximum Gasteiger partial charge on any atom is 0.266 e. The Morgan fingerprint density at radius 3 is 2.41 bits per heavy atom. The maximum atomic E-state index is 14.3. The van der Waals surface area contributed by atoms with Crippen LogP contribution in [-0.4, -0.2) is 42.2 Å². The van der Waals surface area contributed by atoms with E-state index in [1.54, 1.807) is 0 Å². The highest BCUT2D eigenvalue weighted by atomic mass is 79.9. The number of aryl methyl sites for hydroxylation is 1. The Labute approximate surface area is 274 Å². The van der Waals surface area contributed by atoms with E-state index >= 15 is 0 Å². The zero-order chi connectivity index (χ0) is 30.9. The van der Waals surface area contributed by atoms with E-state index in [0.717, 1.165) is 32.1 Å². The Morgan fingerprint density at radius 1 is 0.977 bits per heavy atom. The summed E-state index contributed by atoms with van der Waals surface area (Å²) in [6.07, 6.45) is 0.910. The third-order valence-electron chi connectivity index (χ3n) is 7.48. The Morgan fingerprint density at radius 2 is 1.70 bits per heavy atom. The largest absolute Gasteiger partial charge is 0.494 e. The number of carbonyl (C=O) groups excluding carboxylic acids is 1. The molecule has 228 valence electrons. The van der Waals surface area contributed by atoms with Crippen molar-refractivity contribution < 1.29 is 19.4 Å². The van der Waals surface area contributed by atoms with E-state index in [9.17, 15) is 4.79 Å². The molecule has 0 saturated heterocycles. The predicted molar refractivity (Wildman–Crippen MR) is 180 cm³/mol. The van der Waals surface area contributed by atoms with Gasteiger partial charge in [-0.05, 0) is 72.5 Å². The van der Waals surface area contributed by atoms with Crippen molar-refractivity contribution in [2.24, 2.45) is 4.99 Å². The Kier molecular flexibility index (Phi) is 10.9. The topological polar surface area (TPSA) is 92.2 Å². The number of halogens is 2. The van der Waals surface area contributed by atoms with Gasteiger partial charge in [0.2, 0.25) is 5.90 Å². The summed E-state index contributed by atoms with van der Waals surface area (Å²) >= 11 is 7.21.